The molecule has 0 unspecified atom stereocenters. The summed E-state index contributed by atoms with van der Waals surface area (Å²) in [7, 11) is 0. The number of hydrogen-bond donors (Lipinski definition) is 0. The van der Waals surface area contributed by atoms with Crippen LogP contribution >= 0.6 is 11.6 Å². The van der Waals surface area contributed by atoms with Crippen LogP contribution in [0.2, 0.25) is 0 Å². The van der Waals surface area contributed by atoms with E-state index in [1.54, 1.807) is 0 Å². The van der Waals surface area contributed by atoms with Gasteiger partial charge in [-0.1, -0.05) is 13.8 Å². The van der Waals surface area contributed by atoms with E-state index in [-0.39, 0.29) is 11.2 Å². The van der Waals surface area contributed by atoms with Crippen LogP contribution in [0, 0.1) is 17.8 Å². The lowest BCUT2D eigenvalue weighted by molar-refractivity contribution is -0.117. The van der Waals surface area contributed by atoms with Gasteiger partial charge in [-0.3, -0.25) is 4.79 Å². The van der Waals surface area contributed by atoms with Crippen LogP contribution in [0.4, 0.5) is 0 Å². The van der Waals surface area contributed by atoms with Gasteiger partial charge in [0.15, 0.2) is 0 Å². The summed E-state index contributed by atoms with van der Waals surface area (Å²) in [6, 6.07) is 0. The van der Waals surface area contributed by atoms with Crippen molar-refractivity contribution in [1.82, 2.24) is 0 Å². The number of rotatable bonds is 1. The molecule has 0 aromatic carbocycles. The first-order chi connectivity index (χ1) is 5.11. The Morgan fingerprint density at radius 2 is 2.00 bits per heavy atom. The van der Waals surface area contributed by atoms with Gasteiger partial charge in [-0.05, 0) is 42.7 Å². The van der Waals surface area contributed by atoms with Crippen molar-refractivity contribution >= 4 is 16.8 Å². The molecule has 1 aliphatic carbocycles. The fourth-order valence-corrected chi connectivity index (χ4v) is 2.33. The summed E-state index contributed by atoms with van der Waals surface area (Å²) in [6.07, 6.45) is 3.31. The van der Waals surface area contributed by atoms with Crippen molar-refractivity contribution in [3.8, 4) is 0 Å². The highest BCUT2D eigenvalue weighted by Crippen LogP contribution is 2.34. The van der Waals surface area contributed by atoms with Crippen molar-refractivity contribution in [3.63, 3.8) is 0 Å². The van der Waals surface area contributed by atoms with E-state index in [0.29, 0.717) is 5.92 Å². The second kappa shape index (κ2) is 3.57. The van der Waals surface area contributed by atoms with Crippen molar-refractivity contribution < 1.29 is 4.79 Å². The molecule has 0 saturated heterocycles. The quantitative estimate of drug-likeness (QED) is 0.559. The summed E-state index contributed by atoms with van der Waals surface area (Å²) in [6.45, 7) is 4.37. The van der Waals surface area contributed by atoms with Gasteiger partial charge in [-0.25, -0.2) is 0 Å². The van der Waals surface area contributed by atoms with Crippen molar-refractivity contribution in [3.05, 3.63) is 0 Å². The maximum atomic E-state index is 10.9. The highest BCUT2D eigenvalue weighted by atomic mass is 35.5. The number of halogens is 1. The van der Waals surface area contributed by atoms with Gasteiger partial charge < -0.3 is 0 Å². The minimum absolute atomic E-state index is 0.132. The van der Waals surface area contributed by atoms with Gasteiger partial charge in [0, 0.05) is 5.92 Å². The van der Waals surface area contributed by atoms with Crippen LogP contribution in [-0.2, 0) is 4.79 Å². The van der Waals surface area contributed by atoms with Crippen LogP contribution in [0.3, 0.4) is 0 Å². The van der Waals surface area contributed by atoms with E-state index >= 15 is 0 Å². The van der Waals surface area contributed by atoms with Crippen molar-refractivity contribution in [2.24, 2.45) is 17.8 Å². The number of hydrogen-bond acceptors (Lipinski definition) is 1. The molecule has 0 bridgehead atoms. The third-order valence-corrected chi connectivity index (χ3v) is 3.00. The van der Waals surface area contributed by atoms with Crippen LogP contribution in [0.5, 0.6) is 0 Å². The second-order valence-electron chi connectivity index (χ2n) is 3.81. The Kier molecular flexibility index (Phi) is 2.94. The van der Waals surface area contributed by atoms with Crippen LogP contribution in [0.1, 0.15) is 33.1 Å². The molecule has 1 rings (SSSR count). The molecule has 0 aromatic rings. The Balaban J connectivity index is 2.50. The van der Waals surface area contributed by atoms with E-state index in [1.165, 1.54) is 0 Å². The fourth-order valence-electron chi connectivity index (χ4n) is 2.00. The molecule has 1 fully saturated rings. The molecule has 3 atom stereocenters. The monoisotopic (exact) mass is 174 g/mol. The van der Waals surface area contributed by atoms with Crippen LogP contribution < -0.4 is 0 Å². The summed E-state index contributed by atoms with van der Waals surface area (Å²) < 4.78 is 0. The SMILES string of the molecule is C[C@H]1CC[C@H](C(=O)Cl)[C@@H](C)C1. The standard InChI is InChI=1S/C9H15ClO/c1-6-3-4-8(9(10)11)7(2)5-6/h6-8H,3-5H2,1-2H3/t6-,7-,8-/m0/s1. The maximum Gasteiger partial charge on any atom is 0.224 e. The summed E-state index contributed by atoms with van der Waals surface area (Å²) in [4.78, 5) is 10.9. The lowest BCUT2D eigenvalue weighted by Crippen LogP contribution is -2.25. The molecule has 64 valence electrons. The van der Waals surface area contributed by atoms with E-state index in [2.05, 4.69) is 13.8 Å². The number of carbonyl (C=O) groups excluding carboxylic acids is 1. The summed E-state index contributed by atoms with van der Waals surface area (Å²) >= 11 is 5.46. The zero-order valence-corrected chi connectivity index (χ0v) is 7.90. The largest absolute Gasteiger partial charge is 0.281 e. The van der Waals surface area contributed by atoms with Crippen molar-refractivity contribution in [2.45, 2.75) is 33.1 Å². The molecule has 1 nitrogen and oxygen atoms in total. The minimum Gasteiger partial charge on any atom is -0.281 e. The van der Waals surface area contributed by atoms with Gasteiger partial charge in [0.2, 0.25) is 5.24 Å². The van der Waals surface area contributed by atoms with Crippen molar-refractivity contribution in [2.75, 3.05) is 0 Å². The third-order valence-electron chi connectivity index (χ3n) is 2.72. The predicted octanol–water partition coefficient (Wildman–Crippen LogP) is 2.82. The van der Waals surface area contributed by atoms with E-state index < -0.39 is 0 Å². The van der Waals surface area contributed by atoms with E-state index in [1.807, 2.05) is 0 Å². The van der Waals surface area contributed by atoms with E-state index in [9.17, 15) is 4.79 Å². The zero-order chi connectivity index (χ0) is 8.43. The first-order valence-electron chi connectivity index (χ1n) is 4.30. The predicted molar refractivity (Wildman–Crippen MR) is 46.5 cm³/mol. The Morgan fingerprint density at radius 3 is 2.45 bits per heavy atom. The Hall–Kier alpha value is -0.0400. The van der Waals surface area contributed by atoms with Crippen LogP contribution in [-0.4, -0.2) is 5.24 Å². The molecule has 0 spiro atoms. The molecule has 2 heteroatoms. The molecule has 0 N–H and O–H groups in total. The van der Waals surface area contributed by atoms with Gasteiger partial charge in [-0.15, -0.1) is 0 Å². The smallest absolute Gasteiger partial charge is 0.224 e. The van der Waals surface area contributed by atoms with Crippen molar-refractivity contribution in [1.29, 1.82) is 0 Å². The van der Waals surface area contributed by atoms with E-state index in [0.717, 1.165) is 25.2 Å². The molecule has 0 aromatic heterocycles. The first-order valence-corrected chi connectivity index (χ1v) is 4.68. The molecule has 1 saturated carbocycles. The molecule has 0 aliphatic heterocycles. The fraction of sp³-hybridized carbons (Fsp3) is 0.889. The zero-order valence-electron chi connectivity index (χ0n) is 7.14. The summed E-state index contributed by atoms with van der Waals surface area (Å²) in [5.74, 6) is 1.40. The molecule has 0 radical (unpaired) electrons. The average molecular weight is 175 g/mol. The molecule has 0 heterocycles. The minimum atomic E-state index is -0.135. The first kappa shape index (κ1) is 9.05. The highest BCUT2D eigenvalue weighted by Gasteiger charge is 2.29. The normalized spacial score (nSPS) is 38.6. The van der Waals surface area contributed by atoms with Gasteiger partial charge >= 0.3 is 0 Å². The maximum absolute atomic E-state index is 10.9. The molecule has 1 aliphatic rings. The van der Waals surface area contributed by atoms with E-state index in [4.69, 9.17) is 11.6 Å². The van der Waals surface area contributed by atoms with Crippen LogP contribution in [0.15, 0.2) is 0 Å². The average Bonchev–Trinajstić information content (AvgIpc) is 1.85. The van der Waals surface area contributed by atoms with Gasteiger partial charge in [0.05, 0.1) is 0 Å². The van der Waals surface area contributed by atoms with Gasteiger partial charge in [0.25, 0.3) is 0 Å². The molecular formula is C9H15ClO. The molecular weight excluding hydrogens is 160 g/mol. The molecule has 0 amide bonds. The van der Waals surface area contributed by atoms with Gasteiger partial charge in [0.1, 0.15) is 0 Å². The lowest BCUT2D eigenvalue weighted by Gasteiger charge is -2.29. The topological polar surface area (TPSA) is 17.1 Å². The lowest BCUT2D eigenvalue weighted by atomic mass is 9.76. The summed E-state index contributed by atoms with van der Waals surface area (Å²) in [5.41, 5.74) is 0. The second-order valence-corrected chi connectivity index (χ2v) is 4.18. The highest BCUT2D eigenvalue weighted by molar-refractivity contribution is 6.64. The van der Waals surface area contributed by atoms with Crippen LogP contribution in [0.25, 0.3) is 0 Å². The Bertz CT molecular complexity index is 156. The Morgan fingerprint density at radius 1 is 1.36 bits per heavy atom. The number of carbonyl (C=O) groups is 1. The molecule has 11 heavy (non-hydrogen) atoms. The summed E-state index contributed by atoms with van der Waals surface area (Å²) in [5, 5.41) is -0.135. The third kappa shape index (κ3) is 2.19. The van der Waals surface area contributed by atoms with Gasteiger partial charge in [-0.2, -0.15) is 0 Å². The Labute approximate surface area is 73.1 Å².